The van der Waals surface area contributed by atoms with Gasteiger partial charge in [-0.1, -0.05) is 17.7 Å². The number of aromatic nitrogens is 2. The molecule has 0 saturated carbocycles. The van der Waals surface area contributed by atoms with Gasteiger partial charge >= 0.3 is 0 Å². The summed E-state index contributed by atoms with van der Waals surface area (Å²) in [5, 5.41) is 0.571. The summed E-state index contributed by atoms with van der Waals surface area (Å²) in [6, 6.07) is 5.51. The Kier molecular flexibility index (Phi) is 2.17. The third kappa shape index (κ3) is 1.46. The van der Waals surface area contributed by atoms with Crippen molar-refractivity contribution in [2.75, 3.05) is 5.73 Å². The molecule has 0 aliphatic carbocycles. The van der Waals surface area contributed by atoms with Crippen LogP contribution in [-0.4, -0.2) is 9.97 Å². The molecule has 2 rings (SSSR count). The number of aromatic amines is 1. The first kappa shape index (κ1) is 9.09. The molecule has 0 fully saturated rings. The maximum absolute atomic E-state index is 5.83. The summed E-state index contributed by atoms with van der Waals surface area (Å²) in [5.74, 6) is 0. The molecule has 4 heteroatoms. The topological polar surface area (TPSA) is 54.7 Å². The third-order valence-corrected chi connectivity index (χ3v) is 2.44. The molecule has 0 bridgehead atoms. The van der Waals surface area contributed by atoms with Crippen LogP contribution in [-0.2, 0) is 0 Å². The van der Waals surface area contributed by atoms with Gasteiger partial charge in [0, 0.05) is 11.3 Å². The number of aryl methyl sites for hydroxylation is 1. The van der Waals surface area contributed by atoms with Gasteiger partial charge in [-0.05, 0) is 19.1 Å². The summed E-state index contributed by atoms with van der Waals surface area (Å²) >= 11 is 5.83. The van der Waals surface area contributed by atoms with Crippen LogP contribution in [0, 0.1) is 6.92 Å². The van der Waals surface area contributed by atoms with E-state index in [0.717, 1.165) is 17.0 Å². The molecule has 0 radical (unpaired) electrons. The number of halogens is 1. The van der Waals surface area contributed by atoms with Gasteiger partial charge in [0.2, 0.25) is 0 Å². The second-order valence-electron chi connectivity index (χ2n) is 3.11. The highest BCUT2D eigenvalue weighted by molar-refractivity contribution is 6.33. The van der Waals surface area contributed by atoms with E-state index < -0.39 is 0 Å². The Bertz CT molecular complexity index is 462. The van der Waals surface area contributed by atoms with Crippen LogP contribution in [0.25, 0.3) is 11.3 Å². The predicted molar refractivity (Wildman–Crippen MR) is 58.2 cm³/mol. The molecule has 0 spiro atoms. The second-order valence-corrected chi connectivity index (χ2v) is 3.52. The zero-order valence-corrected chi connectivity index (χ0v) is 8.47. The summed E-state index contributed by atoms with van der Waals surface area (Å²) in [6.45, 7) is 1.97. The molecule has 0 amide bonds. The average molecular weight is 208 g/mol. The van der Waals surface area contributed by atoms with Crippen molar-refractivity contribution in [3.8, 4) is 11.3 Å². The van der Waals surface area contributed by atoms with Crippen molar-refractivity contribution in [3.05, 3.63) is 35.2 Å². The molecular weight excluding hydrogens is 198 g/mol. The molecule has 1 aromatic heterocycles. The lowest BCUT2D eigenvalue weighted by molar-refractivity contribution is 1.25. The predicted octanol–water partition coefficient (Wildman–Crippen LogP) is 2.62. The number of nitrogens with one attached hydrogen (secondary N) is 1. The third-order valence-electron chi connectivity index (χ3n) is 2.10. The highest BCUT2D eigenvalue weighted by Gasteiger charge is 2.05. The van der Waals surface area contributed by atoms with Crippen molar-refractivity contribution in [1.29, 1.82) is 0 Å². The number of hydrogen-bond donors (Lipinski definition) is 2. The van der Waals surface area contributed by atoms with Crippen LogP contribution in [0.2, 0.25) is 5.02 Å². The van der Waals surface area contributed by atoms with E-state index in [9.17, 15) is 0 Å². The monoisotopic (exact) mass is 207 g/mol. The molecule has 0 saturated heterocycles. The van der Waals surface area contributed by atoms with E-state index >= 15 is 0 Å². The van der Waals surface area contributed by atoms with E-state index in [-0.39, 0.29) is 0 Å². The fourth-order valence-corrected chi connectivity index (χ4v) is 1.46. The van der Waals surface area contributed by atoms with Crippen LogP contribution >= 0.6 is 11.6 Å². The minimum absolute atomic E-state index is 0.571. The van der Waals surface area contributed by atoms with Gasteiger partial charge in [0.15, 0.2) is 0 Å². The zero-order valence-electron chi connectivity index (χ0n) is 7.71. The zero-order chi connectivity index (χ0) is 10.1. The van der Waals surface area contributed by atoms with Gasteiger partial charge in [-0.2, -0.15) is 0 Å². The maximum atomic E-state index is 5.83. The number of anilines is 1. The van der Waals surface area contributed by atoms with Crippen molar-refractivity contribution in [2.45, 2.75) is 6.92 Å². The number of nitrogen functional groups attached to an aromatic ring is 1. The first-order valence-corrected chi connectivity index (χ1v) is 4.61. The number of rotatable bonds is 1. The van der Waals surface area contributed by atoms with Gasteiger partial charge in [-0.25, -0.2) is 4.98 Å². The molecule has 0 aliphatic heterocycles. The number of hydrogen-bond acceptors (Lipinski definition) is 2. The Morgan fingerprint density at radius 3 is 2.79 bits per heavy atom. The van der Waals surface area contributed by atoms with Crippen LogP contribution < -0.4 is 5.73 Å². The van der Waals surface area contributed by atoms with E-state index in [1.165, 1.54) is 0 Å². The molecular formula is C10H10ClN3. The van der Waals surface area contributed by atoms with Crippen LogP contribution in [0.1, 0.15) is 5.69 Å². The smallest absolute Gasteiger partial charge is 0.0929 e. The Balaban J connectivity index is 2.53. The van der Waals surface area contributed by atoms with Gasteiger partial charge < -0.3 is 10.7 Å². The van der Waals surface area contributed by atoms with Crippen LogP contribution in [0.5, 0.6) is 0 Å². The fourth-order valence-electron chi connectivity index (χ4n) is 1.34. The van der Waals surface area contributed by atoms with Crippen molar-refractivity contribution < 1.29 is 0 Å². The van der Waals surface area contributed by atoms with Crippen LogP contribution in [0.3, 0.4) is 0 Å². The number of H-pyrrole nitrogens is 1. The largest absolute Gasteiger partial charge is 0.398 e. The molecule has 1 heterocycles. The van der Waals surface area contributed by atoms with Gasteiger partial charge in [0.25, 0.3) is 0 Å². The van der Waals surface area contributed by atoms with E-state index in [2.05, 4.69) is 9.97 Å². The summed E-state index contributed by atoms with van der Waals surface area (Å²) in [4.78, 5) is 7.22. The lowest BCUT2D eigenvalue weighted by Crippen LogP contribution is -1.88. The van der Waals surface area contributed by atoms with Crippen LogP contribution in [0.15, 0.2) is 24.5 Å². The number of imidazole rings is 1. The summed E-state index contributed by atoms with van der Waals surface area (Å²) in [6.07, 6.45) is 1.66. The molecule has 0 aliphatic rings. The van der Waals surface area contributed by atoms with Crippen molar-refractivity contribution in [2.24, 2.45) is 0 Å². The van der Waals surface area contributed by atoms with Crippen molar-refractivity contribution in [3.63, 3.8) is 0 Å². The van der Waals surface area contributed by atoms with Gasteiger partial charge in [0.05, 0.1) is 22.7 Å². The van der Waals surface area contributed by atoms with E-state index in [1.807, 2.05) is 19.1 Å². The quantitative estimate of drug-likeness (QED) is 0.707. The highest BCUT2D eigenvalue weighted by Crippen LogP contribution is 2.26. The van der Waals surface area contributed by atoms with E-state index in [1.54, 1.807) is 12.4 Å². The Morgan fingerprint density at radius 1 is 1.43 bits per heavy atom. The molecule has 1 aromatic carbocycles. The van der Waals surface area contributed by atoms with Crippen LogP contribution in [0.4, 0.5) is 5.69 Å². The first-order chi connectivity index (χ1) is 6.68. The standard InChI is InChI=1S/C10H10ClN3/c1-6-10(14-5-13-6)7-2-3-8(11)9(12)4-7/h2-5H,12H2,1H3,(H,13,14). The number of benzene rings is 1. The minimum atomic E-state index is 0.571. The Hall–Kier alpha value is -1.48. The normalized spacial score (nSPS) is 10.4. The molecule has 14 heavy (non-hydrogen) atoms. The lowest BCUT2D eigenvalue weighted by Gasteiger charge is -2.02. The SMILES string of the molecule is Cc1[nH]cnc1-c1ccc(Cl)c(N)c1. The average Bonchev–Trinajstić information content (AvgIpc) is 2.57. The molecule has 3 N–H and O–H groups in total. The Morgan fingerprint density at radius 2 is 2.21 bits per heavy atom. The minimum Gasteiger partial charge on any atom is -0.398 e. The Labute approximate surface area is 86.9 Å². The number of nitrogens with two attached hydrogens (primary N) is 1. The van der Waals surface area contributed by atoms with Gasteiger partial charge in [-0.3, -0.25) is 0 Å². The number of nitrogens with zero attached hydrogens (tertiary/aromatic N) is 1. The maximum Gasteiger partial charge on any atom is 0.0929 e. The molecule has 72 valence electrons. The first-order valence-electron chi connectivity index (χ1n) is 4.24. The summed E-state index contributed by atoms with van der Waals surface area (Å²) in [7, 11) is 0. The fraction of sp³-hybridized carbons (Fsp3) is 0.100. The lowest BCUT2D eigenvalue weighted by atomic mass is 10.1. The molecule has 0 atom stereocenters. The summed E-state index contributed by atoms with van der Waals surface area (Å²) in [5.41, 5.74) is 9.19. The van der Waals surface area contributed by atoms with Gasteiger partial charge in [-0.15, -0.1) is 0 Å². The summed E-state index contributed by atoms with van der Waals surface area (Å²) < 4.78 is 0. The molecule has 0 unspecified atom stereocenters. The molecule has 2 aromatic rings. The highest BCUT2D eigenvalue weighted by atomic mass is 35.5. The van der Waals surface area contributed by atoms with Gasteiger partial charge in [0.1, 0.15) is 0 Å². The van der Waals surface area contributed by atoms with E-state index in [0.29, 0.717) is 10.7 Å². The van der Waals surface area contributed by atoms with Crippen molar-refractivity contribution >= 4 is 17.3 Å². The van der Waals surface area contributed by atoms with E-state index in [4.69, 9.17) is 17.3 Å². The second kappa shape index (κ2) is 3.35. The van der Waals surface area contributed by atoms with Crippen molar-refractivity contribution in [1.82, 2.24) is 9.97 Å². The molecule has 3 nitrogen and oxygen atoms in total.